The Kier molecular flexibility index (Phi) is 30.0. The van der Waals surface area contributed by atoms with E-state index >= 15 is 0 Å². The van der Waals surface area contributed by atoms with Crippen LogP contribution in [0.25, 0.3) is 22.3 Å². The maximum atomic E-state index is 3.67. The molecule has 0 saturated carbocycles. The van der Waals surface area contributed by atoms with Crippen LogP contribution in [0.5, 0.6) is 0 Å². The number of hydrogen-bond donors (Lipinski definition) is 0. The third kappa shape index (κ3) is 21.7. The molecule has 0 N–H and O–H groups in total. The number of hydrogen-bond acceptors (Lipinski definition) is 0. The predicted molar refractivity (Wildman–Crippen MR) is 377 cm³/mol. The summed E-state index contributed by atoms with van der Waals surface area (Å²) in [7, 11) is 0. The Morgan fingerprint density at radius 1 is 0.360 bits per heavy atom. The Labute approximate surface area is 573 Å². The van der Waals surface area contributed by atoms with E-state index in [9.17, 15) is 0 Å². The van der Waals surface area contributed by atoms with Gasteiger partial charge in [-0.3, -0.25) is 0 Å². The van der Waals surface area contributed by atoms with E-state index in [4.69, 9.17) is 0 Å². The first-order valence-corrected chi connectivity index (χ1v) is 31.5. The molecule has 6 heteroatoms. The van der Waals surface area contributed by atoms with E-state index in [0.29, 0.717) is 10.8 Å². The maximum absolute atomic E-state index is 3.67. The molecule has 86 heavy (non-hydrogen) atoms. The van der Waals surface area contributed by atoms with Crippen molar-refractivity contribution in [3.05, 3.63) is 321 Å². The van der Waals surface area contributed by atoms with Crippen LogP contribution in [0.4, 0.5) is 0 Å². The van der Waals surface area contributed by atoms with Gasteiger partial charge in [0.25, 0.3) is 0 Å². The van der Waals surface area contributed by atoms with Crippen molar-refractivity contribution in [2.24, 2.45) is 0 Å². The summed E-state index contributed by atoms with van der Waals surface area (Å²) >= 11 is 2.92. The summed E-state index contributed by atoms with van der Waals surface area (Å²) in [6, 6.07) is 88.7. The van der Waals surface area contributed by atoms with Crippen molar-refractivity contribution in [3.8, 4) is 22.3 Å². The largest absolute Gasteiger partial charge is 0.179 e. The summed E-state index contributed by atoms with van der Waals surface area (Å²) in [6.45, 7) is 31.3. The third-order valence-corrected chi connectivity index (χ3v) is 17.7. The average molecular weight is 1370 g/mol. The minimum atomic E-state index is 0. The van der Waals surface area contributed by atoms with Gasteiger partial charge in [-0.05, 0) is 34.8 Å². The molecule has 0 aliphatic heterocycles. The Bertz CT molecular complexity index is 3330. The predicted octanol–water partition coefficient (Wildman–Crippen LogP) is 22.0. The first kappa shape index (κ1) is 75.4. The summed E-state index contributed by atoms with van der Waals surface area (Å²) in [6.07, 6.45) is 2.07. The number of benzene rings is 8. The molecule has 2 aliphatic rings. The molecule has 12 rings (SSSR count). The second-order valence-corrected chi connectivity index (χ2v) is 28.2. The van der Waals surface area contributed by atoms with Gasteiger partial charge in [-0.15, -0.1) is 66.3 Å². The van der Waals surface area contributed by atoms with E-state index < -0.39 is 0 Å². The molecule has 0 amide bonds. The van der Waals surface area contributed by atoms with Crippen molar-refractivity contribution in [1.29, 1.82) is 0 Å². The van der Waals surface area contributed by atoms with Crippen molar-refractivity contribution in [1.82, 2.24) is 0 Å². The van der Waals surface area contributed by atoms with Gasteiger partial charge in [-0.1, -0.05) is 167 Å². The fraction of sp³-hybridized carbons (Fsp3) is 0.250. The third-order valence-electron chi connectivity index (χ3n) is 14.9. The first-order valence-electron chi connectivity index (χ1n) is 29.0. The molecule has 0 unspecified atom stereocenters. The quantitative estimate of drug-likeness (QED) is 0.154. The monoisotopic (exact) mass is 1370 g/mol. The van der Waals surface area contributed by atoms with Crippen LogP contribution in [0, 0.1) is 26.0 Å². The Morgan fingerprint density at radius 3 is 1.10 bits per heavy atom. The van der Waals surface area contributed by atoms with E-state index in [-0.39, 0.29) is 60.5 Å². The smallest absolute Gasteiger partial charge is 0.0253 e. The van der Waals surface area contributed by atoms with Gasteiger partial charge < -0.3 is 0 Å². The van der Waals surface area contributed by atoms with E-state index in [1.165, 1.54) is 155 Å². The molecule has 0 radical (unpaired) electrons. The number of rotatable bonds is 4. The fourth-order valence-electron chi connectivity index (χ4n) is 9.84. The molecule has 10 aromatic carbocycles. The topological polar surface area (TPSA) is 0 Å². The molecule has 0 heterocycles. The number of aryl methyl sites for hydroxylation is 2. The second-order valence-electron chi connectivity index (χ2n) is 25.8. The number of fused-ring (bicyclic) bond motifs is 6. The fourth-order valence-corrected chi connectivity index (χ4v) is 11.5. The first-order chi connectivity index (χ1) is 38.9. The molecule has 0 spiro atoms. The molecule has 0 saturated heterocycles. The van der Waals surface area contributed by atoms with Gasteiger partial charge in [0.05, 0.1) is 0 Å². The van der Waals surface area contributed by atoms with Crippen LogP contribution in [0.1, 0.15) is 161 Å². The SMILES string of the molecule is CC(C)(C)c1[c-]c2c(cc1)-c1ccc(C(C)(C)C)cc1C2.Cc1cc(C(C)(C)C)c[cH-]1.Cc1cc(C(C)(C)C)c[cH-]1.Cl.Cl.Cl.Cl.[Zr+2]=[C](c1ccccc1)c1ccccc1.[Zr+2]=[C](c1ccccc1)c1ccccc1.[c-]1cccc2c1Cc1ccccc1-2. The number of halogens is 4. The molecule has 444 valence electrons. The molecule has 0 fully saturated rings. The van der Waals surface area contributed by atoms with Gasteiger partial charge in [-0.25, -0.2) is 12.1 Å². The van der Waals surface area contributed by atoms with Gasteiger partial charge in [0.2, 0.25) is 0 Å². The Balaban J connectivity index is 0.000000273. The summed E-state index contributed by atoms with van der Waals surface area (Å²) in [5, 5.41) is 0. The molecule has 0 bridgehead atoms. The van der Waals surface area contributed by atoms with Crippen molar-refractivity contribution < 1.29 is 48.5 Å². The van der Waals surface area contributed by atoms with Crippen LogP contribution in [0.3, 0.4) is 0 Å². The van der Waals surface area contributed by atoms with Gasteiger partial charge >= 0.3 is 198 Å². The Hall–Kier alpha value is -4.87. The average Bonchev–Trinajstić information content (AvgIpc) is 1.89. The molecule has 2 aliphatic carbocycles. The van der Waals surface area contributed by atoms with Gasteiger partial charge in [0.15, 0.2) is 0 Å². The summed E-state index contributed by atoms with van der Waals surface area (Å²) < 4.78 is 2.83. The molecule has 0 nitrogen and oxygen atoms in total. The zero-order valence-corrected chi connectivity index (χ0v) is 61.2. The Morgan fingerprint density at radius 2 is 0.721 bits per heavy atom. The van der Waals surface area contributed by atoms with Gasteiger partial charge in [-0.2, -0.15) is 100 Å². The molecule has 0 atom stereocenters. The minimum absolute atomic E-state index is 0. The van der Waals surface area contributed by atoms with Crippen LogP contribution < -0.4 is 0 Å². The van der Waals surface area contributed by atoms with Crippen LogP contribution in [0.15, 0.2) is 231 Å². The molecule has 10 aromatic rings. The van der Waals surface area contributed by atoms with Crippen molar-refractivity contribution in [2.75, 3.05) is 0 Å². The van der Waals surface area contributed by atoms with Gasteiger partial charge in [0, 0.05) is 0 Å². The zero-order chi connectivity index (χ0) is 59.2. The van der Waals surface area contributed by atoms with Crippen molar-refractivity contribution in [2.45, 2.75) is 131 Å². The van der Waals surface area contributed by atoms with Crippen LogP contribution in [-0.4, -0.2) is 6.41 Å². The maximum Gasteiger partial charge on any atom is -0.0253 e. The zero-order valence-electron chi connectivity index (χ0n) is 53.0. The summed E-state index contributed by atoms with van der Waals surface area (Å²) in [5.74, 6) is 0. The summed E-state index contributed by atoms with van der Waals surface area (Å²) in [5.41, 5.74) is 25.8. The van der Waals surface area contributed by atoms with E-state index in [0.717, 1.165) is 12.8 Å². The molecule has 0 aromatic heterocycles. The molecular weight excluding hydrogens is 1290 g/mol. The van der Waals surface area contributed by atoms with Crippen LogP contribution in [-0.2, 0) is 83.0 Å². The normalized spacial score (nSPS) is 11.3. The standard InChI is InChI=1S/C21H25.C13H9.2C13H10.2C10H15.4ClH.2Zr/c1-20(2,3)16-7-9-18-14(12-16)11-15-13-17(21(4,5)6)8-10-19(15)18;1-3-7-12-10(5-1)9-11-6-2-4-8-13(11)12;2*1-3-7-12(8-4-1)11-13-9-5-2-6-10-13;2*1-8-5-6-9(7-8)10(2,3)4;;;;;;/h7-10,12H,11H2,1-6H3;1-5,7-8H,9H2;2*1-10H;2*5-7H,1-4H3;4*1H;;/q2*-1;;;2*-1;;;;;2*+2. The van der Waals surface area contributed by atoms with Crippen LogP contribution >= 0.6 is 49.6 Å². The molecular formula is C80H88Cl4Zr2. The minimum Gasteiger partial charge on any atom is -0.179 e. The second kappa shape index (κ2) is 34.2. The van der Waals surface area contributed by atoms with E-state index in [1.807, 2.05) is 6.07 Å². The van der Waals surface area contributed by atoms with E-state index in [1.54, 1.807) is 0 Å². The van der Waals surface area contributed by atoms with Crippen molar-refractivity contribution in [3.63, 3.8) is 0 Å². The van der Waals surface area contributed by atoms with Crippen molar-refractivity contribution >= 4 is 56.0 Å². The van der Waals surface area contributed by atoms with Gasteiger partial charge in [0.1, 0.15) is 0 Å². The summed E-state index contributed by atoms with van der Waals surface area (Å²) in [4.78, 5) is 0. The van der Waals surface area contributed by atoms with Crippen LogP contribution in [0.2, 0.25) is 0 Å². The van der Waals surface area contributed by atoms with E-state index in [2.05, 4.69) is 334 Å².